The van der Waals surface area contributed by atoms with Gasteiger partial charge in [-0.15, -0.1) is 0 Å². The summed E-state index contributed by atoms with van der Waals surface area (Å²) in [6.45, 7) is 8.69. The van der Waals surface area contributed by atoms with Crippen molar-refractivity contribution in [3.63, 3.8) is 0 Å². The number of aryl methyl sites for hydroxylation is 1. The zero-order valence-corrected chi connectivity index (χ0v) is 12.8. The van der Waals surface area contributed by atoms with Gasteiger partial charge in [0, 0.05) is 31.7 Å². The number of nitrogen functional groups attached to an aromatic ring is 1. The van der Waals surface area contributed by atoms with Crippen LogP contribution in [0.1, 0.15) is 44.1 Å². The number of rotatable bonds is 2. The average Bonchev–Trinajstić information content (AvgIpc) is 2.68. The molecule has 6 heteroatoms. The first-order valence-electron chi connectivity index (χ1n) is 7.12. The van der Waals surface area contributed by atoms with Gasteiger partial charge in [0.2, 0.25) is 0 Å². The number of likely N-dealkylation sites (tertiary alicyclic amines) is 1. The number of nitrogens with two attached hydrogens (primary N) is 1. The summed E-state index contributed by atoms with van der Waals surface area (Å²) in [7, 11) is 1.73. The van der Waals surface area contributed by atoms with Crippen LogP contribution in [0.2, 0.25) is 0 Å². The molecule has 1 aromatic heterocycles. The number of nitrogens with zero attached hydrogens (tertiary/aromatic N) is 3. The van der Waals surface area contributed by atoms with Crippen LogP contribution in [-0.4, -0.2) is 45.3 Å². The van der Waals surface area contributed by atoms with Crippen LogP contribution in [0.3, 0.4) is 0 Å². The molecule has 0 radical (unpaired) electrons. The van der Waals surface area contributed by atoms with E-state index in [0.717, 1.165) is 25.9 Å². The molecule has 6 nitrogen and oxygen atoms in total. The van der Waals surface area contributed by atoms with Crippen molar-refractivity contribution in [2.75, 3.05) is 18.8 Å². The third kappa shape index (κ3) is 3.12. The summed E-state index contributed by atoms with van der Waals surface area (Å²) in [5.41, 5.74) is 6.85. The van der Waals surface area contributed by atoms with Gasteiger partial charge < -0.3 is 11.1 Å². The second-order valence-electron chi connectivity index (χ2n) is 6.48. The van der Waals surface area contributed by atoms with E-state index in [1.807, 2.05) is 0 Å². The number of carbonyl (C=O) groups is 1. The highest BCUT2D eigenvalue weighted by atomic mass is 16.2. The minimum Gasteiger partial charge on any atom is -0.396 e. The average molecular weight is 279 g/mol. The van der Waals surface area contributed by atoms with Crippen molar-refractivity contribution in [3.8, 4) is 0 Å². The lowest BCUT2D eigenvalue weighted by Crippen LogP contribution is -2.51. The number of hydrogen-bond acceptors (Lipinski definition) is 4. The Bertz CT molecular complexity index is 461. The number of carbonyl (C=O) groups excluding carboxylic acids is 1. The molecule has 112 valence electrons. The maximum Gasteiger partial charge on any atom is 0.271 e. The van der Waals surface area contributed by atoms with E-state index >= 15 is 0 Å². The first-order valence-corrected chi connectivity index (χ1v) is 7.12. The third-order valence-corrected chi connectivity index (χ3v) is 3.96. The van der Waals surface area contributed by atoms with Crippen molar-refractivity contribution < 1.29 is 4.79 Å². The van der Waals surface area contributed by atoms with E-state index in [-0.39, 0.29) is 17.5 Å². The Kier molecular flexibility index (Phi) is 4.04. The van der Waals surface area contributed by atoms with Crippen LogP contribution >= 0.6 is 0 Å². The quantitative estimate of drug-likeness (QED) is 0.846. The number of anilines is 1. The lowest BCUT2D eigenvalue weighted by Gasteiger charge is -2.41. The topological polar surface area (TPSA) is 76.2 Å². The van der Waals surface area contributed by atoms with Crippen molar-refractivity contribution in [1.29, 1.82) is 0 Å². The highest BCUT2D eigenvalue weighted by Gasteiger charge is 2.28. The Hall–Kier alpha value is -1.56. The zero-order valence-electron chi connectivity index (χ0n) is 12.8. The molecule has 0 bridgehead atoms. The van der Waals surface area contributed by atoms with Crippen LogP contribution in [0.5, 0.6) is 0 Å². The summed E-state index contributed by atoms with van der Waals surface area (Å²) < 4.78 is 1.52. The Morgan fingerprint density at radius 3 is 2.45 bits per heavy atom. The zero-order chi connectivity index (χ0) is 14.9. The normalized spacial score (nSPS) is 18.2. The number of aromatic nitrogens is 2. The fourth-order valence-electron chi connectivity index (χ4n) is 2.68. The number of nitrogens with one attached hydrogen (secondary N) is 1. The van der Waals surface area contributed by atoms with E-state index in [1.54, 1.807) is 7.05 Å². The second kappa shape index (κ2) is 5.44. The fourth-order valence-corrected chi connectivity index (χ4v) is 2.68. The largest absolute Gasteiger partial charge is 0.396 e. The van der Waals surface area contributed by atoms with Gasteiger partial charge in [0.25, 0.3) is 5.91 Å². The van der Waals surface area contributed by atoms with E-state index in [1.165, 1.54) is 10.9 Å². The molecule has 0 aliphatic carbocycles. The van der Waals surface area contributed by atoms with Crippen LogP contribution in [0.25, 0.3) is 0 Å². The summed E-state index contributed by atoms with van der Waals surface area (Å²) in [6.07, 6.45) is 3.46. The Morgan fingerprint density at radius 2 is 2.00 bits per heavy atom. The molecule has 0 atom stereocenters. The van der Waals surface area contributed by atoms with Gasteiger partial charge in [0.15, 0.2) is 0 Å². The summed E-state index contributed by atoms with van der Waals surface area (Å²) in [5, 5.41) is 7.07. The maximum atomic E-state index is 12.2. The molecule has 1 saturated heterocycles. The van der Waals surface area contributed by atoms with Crippen LogP contribution in [0.4, 0.5) is 5.69 Å². The highest BCUT2D eigenvalue weighted by molar-refractivity contribution is 5.97. The van der Waals surface area contributed by atoms with Gasteiger partial charge in [0.05, 0.1) is 11.9 Å². The van der Waals surface area contributed by atoms with Crippen molar-refractivity contribution in [2.45, 2.75) is 45.2 Å². The first kappa shape index (κ1) is 14.8. The minimum atomic E-state index is -0.128. The van der Waals surface area contributed by atoms with Crippen molar-refractivity contribution in [2.24, 2.45) is 7.05 Å². The lowest BCUT2D eigenvalue weighted by molar-refractivity contribution is 0.0807. The summed E-state index contributed by atoms with van der Waals surface area (Å²) in [5.74, 6) is -0.128. The summed E-state index contributed by atoms with van der Waals surface area (Å²) in [4.78, 5) is 14.7. The molecule has 1 aliphatic rings. The van der Waals surface area contributed by atoms with Crippen molar-refractivity contribution >= 4 is 11.6 Å². The third-order valence-electron chi connectivity index (χ3n) is 3.96. The van der Waals surface area contributed by atoms with Gasteiger partial charge in [-0.1, -0.05) is 0 Å². The molecule has 0 saturated carbocycles. The fraction of sp³-hybridized carbons (Fsp3) is 0.714. The van der Waals surface area contributed by atoms with E-state index < -0.39 is 0 Å². The predicted molar refractivity (Wildman–Crippen MR) is 79.4 cm³/mol. The van der Waals surface area contributed by atoms with E-state index in [9.17, 15) is 4.79 Å². The molecular formula is C14H25N5O. The summed E-state index contributed by atoms with van der Waals surface area (Å²) >= 11 is 0. The molecule has 20 heavy (non-hydrogen) atoms. The maximum absolute atomic E-state index is 12.2. The van der Waals surface area contributed by atoms with Gasteiger partial charge >= 0.3 is 0 Å². The lowest BCUT2D eigenvalue weighted by atomic mass is 9.98. The Labute approximate surface area is 120 Å². The van der Waals surface area contributed by atoms with Gasteiger partial charge in [-0.25, -0.2) is 0 Å². The van der Waals surface area contributed by atoms with Crippen LogP contribution < -0.4 is 11.1 Å². The number of hydrogen-bond donors (Lipinski definition) is 2. The van der Waals surface area contributed by atoms with E-state index in [2.05, 4.69) is 36.1 Å². The molecule has 0 unspecified atom stereocenters. The molecular weight excluding hydrogens is 254 g/mol. The van der Waals surface area contributed by atoms with Gasteiger partial charge in [0.1, 0.15) is 5.69 Å². The van der Waals surface area contributed by atoms with E-state index in [4.69, 9.17) is 5.73 Å². The van der Waals surface area contributed by atoms with Crippen LogP contribution in [-0.2, 0) is 7.05 Å². The summed E-state index contributed by atoms with van der Waals surface area (Å²) in [6, 6.07) is 0.218. The van der Waals surface area contributed by atoms with Crippen LogP contribution in [0, 0.1) is 0 Å². The van der Waals surface area contributed by atoms with Gasteiger partial charge in [-0.2, -0.15) is 5.10 Å². The Balaban J connectivity index is 1.92. The minimum absolute atomic E-state index is 0.128. The molecule has 1 amide bonds. The molecule has 1 aromatic rings. The standard InChI is InChI=1S/C14H25N5O/c1-14(2,3)19-7-5-10(6-8-19)17-13(20)12-11(15)9-16-18(12)4/h9-10H,5-8,15H2,1-4H3,(H,17,20). The molecule has 0 aromatic carbocycles. The van der Waals surface area contributed by atoms with E-state index in [0.29, 0.717) is 11.4 Å². The van der Waals surface area contributed by atoms with Gasteiger partial charge in [-0.05, 0) is 33.6 Å². The highest BCUT2D eigenvalue weighted by Crippen LogP contribution is 2.20. The number of amides is 1. The molecule has 3 N–H and O–H groups in total. The second-order valence-corrected chi connectivity index (χ2v) is 6.48. The molecule has 1 aliphatic heterocycles. The molecule has 2 rings (SSSR count). The molecule has 1 fully saturated rings. The Morgan fingerprint density at radius 1 is 1.40 bits per heavy atom. The van der Waals surface area contributed by atoms with Crippen molar-refractivity contribution in [1.82, 2.24) is 20.0 Å². The predicted octanol–water partition coefficient (Wildman–Crippen LogP) is 0.995. The van der Waals surface area contributed by atoms with Gasteiger partial charge in [-0.3, -0.25) is 14.4 Å². The number of piperidine rings is 1. The first-order chi connectivity index (χ1) is 9.29. The SMILES string of the molecule is Cn1ncc(N)c1C(=O)NC1CCN(C(C)(C)C)CC1. The van der Waals surface area contributed by atoms with Crippen molar-refractivity contribution in [3.05, 3.63) is 11.9 Å². The van der Waals surface area contributed by atoms with Crippen LogP contribution in [0.15, 0.2) is 6.20 Å². The molecule has 2 heterocycles. The smallest absolute Gasteiger partial charge is 0.271 e. The molecule has 0 spiro atoms. The monoisotopic (exact) mass is 279 g/mol.